The quantitative estimate of drug-likeness (QED) is 0.583. The minimum absolute atomic E-state index is 0.0103. The van der Waals surface area contributed by atoms with E-state index in [0.29, 0.717) is 0 Å². The monoisotopic (exact) mass is 449 g/mol. The normalized spacial score (nSPS) is 11.1. The zero-order valence-electron chi connectivity index (χ0n) is 14.6. The molecule has 2 N–H and O–H groups in total. The molecule has 148 valence electrons. The fourth-order valence-electron chi connectivity index (χ4n) is 2.56. The van der Waals surface area contributed by atoms with E-state index in [0.717, 1.165) is 12.1 Å². The number of hydrogen-bond acceptors (Lipinski definition) is 4. The fourth-order valence-corrected chi connectivity index (χ4v) is 4.17. The third kappa shape index (κ3) is 4.42. The predicted octanol–water partition coefficient (Wildman–Crippen LogP) is 4.78. The van der Waals surface area contributed by atoms with Crippen molar-refractivity contribution in [3.8, 4) is 0 Å². The average molecular weight is 450 g/mol. The molecule has 3 aromatic carbocycles. The summed E-state index contributed by atoms with van der Waals surface area (Å²) in [6.07, 6.45) is 0. The van der Waals surface area contributed by atoms with Crippen LogP contribution in [0, 0.1) is 0 Å². The van der Waals surface area contributed by atoms with Crippen molar-refractivity contribution in [2.75, 3.05) is 5.32 Å². The Morgan fingerprint density at radius 2 is 1.31 bits per heavy atom. The first-order valence-electron chi connectivity index (χ1n) is 8.14. The lowest BCUT2D eigenvalue weighted by Crippen LogP contribution is -2.16. The summed E-state index contributed by atoms with van der Waals surface area (Å²) >= 11 is 11.7. The average Bonchev–Trinajstić information content (AvgIpc) is 2.70. The van der Waals surface area contributed by atoms with Crippen LogP contribution in [0.1, 0.15) is 20.7 Å². The van der Waals surface area contributed by atoms with Crippen molar-refractivity contribution < 1.29 is 23.1 Å². The van der Waals surface area contributed by atoms with E-state index in [4.69, 9.17) is 23.2 Å². The Morgan fingerprint density at radius 1 is 0.793 bits per heavy atom. The van der Waals surface area contributed by atoms with E-state index < -0.39 is 21.7 Å². The molecule has 0 atom stereocenters. The Morgan fingerprint density at radius 3 is 1.86 bits per heavy atom. The number of carboxylic acids is 1. The number of hydrogen-bond donors (Lipinski definition) is 2. The van der Waals surface area contributed by atoms with E-state index in [1.54, 1.807) is 18.2 Å². The molecule has 0 aliphatic carbocycles. The summed E-state index contributed by atoms with van der Waals surface area (Å²) in [5.41, 5.74) is -0.197. The molecule has 0 unspecified atom stereocenters. The maximum absolute atomic E-state index is 12.6. The number of rotatable bonds is 5. The lowest BCUT2D eigenvalue weighted by molar-refractivity contribution is 0.0692. The van der Waals surface area contributed by atoms with Crippen LogP contribution in [0.3, 0.4) is 0 Å². The molecule has 6 nitrogen and oxygen atoms in total. The molecule has 0 saturated carbocycles. The number of sulfone groups is 1. The van der Waals surface area contributed by atoms with E-state index >= 15 is 0 Å². The molecule has 3 rings (SSSR count). The van der Waals surface area contributed by atoms with Gasteiger partial charge in [0.2, 0.25) is 9.84 Å². The third-order valence-electron chi connectivity index (χ3n) is 4.01. The number of carbonyl (C=O) groups is 2. The summed E-state index contributed by atoms with van der Waals surface area (Å²) in [4.78, 5) is 24.1. The van der Waals surface area contributed by atoms with Crippen molar-refractivity contribution in [3.63, 3.8) is 0 Å². The van der Waals surface area contributed by atoms with Gasteiger partial charge in [-0.3, -0.25) is 4.79 Å². The number of carboxylic acid groups (broad SMARTS) is 1. The Labute approximate surface area is 176 Å². The molecular weight excluding hydrogens is 437 g/mol. The van der Waals surface area contributed by atoms with Crippen LogP contribution in [0.25, 0.3) is 0 Å². The van der Waals surface area contributed by atoms with Gasteiger partial charge < -0.3 is 10.4 Å². The maximum atomic E-state index is 12.6. The van der Waals surface area contributed by atoms with Gasteiger partial charge in [-0.2, -0.15) is 0 Å². The Balaban J connectivity index is 1.87. The predicted molar refractivity (Wildman–Crippen MR) is 110 cm³/mol. The van der Waals surface area contributed by atoms with Gasteiger partial charge in [-0.05, 0) is 48.5 Å². The highest BCUT2D eigenvalue weighted by Gasteiger charge is 2.20. The molecule has 0 aliphatic rings. The Hall–Kier alpha value is -2.87. The number of anilines is 1. The van der Waals surface area contributed by atoms with Crippen molar-refractivity contribution in [3.05, 3.63) is 87.9 Å². The molecule has 1 amide bonds. The molecule has 29 heavy (non-hydrogen) atoms. The van der Waals surface area contributed by atoms with Crippen LogP contribution in [0.5, 0.6) is 0 Å². The standard InChI is InChI=1S/C20H13Cl2NO5S/c21-17-10-15(16(20(25)26)11-18(17)22)19(24)23-12-6-8-14(9-7-12)29(27,28)13-4-2-1-3-5-13/h1-11H,(H,23,24)(H,25,26). The first-order chi connectivity index (χ1) is 13.7. The van der Waals surface area contributed by atoms with Crippen LogP contribution in [-0.4, -0.2) is 25.4 Å². The molecule has 0 heterocycles. The maximum Gasteiger partial charge on any atom is 0.336 e. The van der Waals surface area contributed by atoms with Crippen molar-refractivity contribution in [1.29, 1.82) is 0 Å². The Kier molecular flexibility index (Phi) is 5.93. The molecule has 0 fully saturated rings. The smallest absolute Gasteiger partial charge is 0.336 e. The van der Waals surface area contributed by atoms with Gasteiger partial charge in [-0.1, -0.05) is 41.4 Å². The highest BCUT2D eigenvalue weighted by molar-refractivity contribution is 7.91. The Bertz CT molecular complexity index is 1190. The summed E-state index contributed by atoms with van der Waals surface area (Å²) in [6, 6.07) is 15.7. The second kappa shape index (κ2) is 8.24. The van der Waals surface area contributed by atoms with Crippen LogP contribution in [-0.2, 0) is 9.84 Å². The molecule has 0 aromatic heterocycles. The third-order valence-corrected chi connectivity index (χ3v) is 6.52. The zero-order valence-corrected chi connectivity index (χ0v) is 16.9. The number of amides is 1. The molecule has 0 saturated heterocycles. The van der Waals surface area contributed by atoms with Crippen molar-refractivity contribution in [1.82, 2.24) is 0 Å². The van der Waals surface area contributed by atoms with Gasteiger partial charge in [0.15, 0.2) is 0 Å². The number of carbonyl (C=O) groups excluding carboxylic acids is 1. The summed E-state index contributed by atoms with van der Waals surface area (Å²) in [5.74, 6) is -2.06. The molecule has 0 bridgehead atoms. The zero-order chi connectivity index (χ0) is 21.2. The highest BCUT2D eigenvalue weighted by Crippen LogP contribution is 2.27. The molecular formula is C20H13Cl2NO5S. The molecule has 0 aliphatic heterocycles. The topological polar surface area (TPSA) is 101 Å². The van der Waals surface area contributed by atoms with E-state index in [9.17, 15) is 23.1 Å². The first kappa shape index (κ1) is 20.9. The van der Waals surface area contributed by atoms with Gasteiger partial charge in [0.05, 0.1) is 31.0 Å². The van der Waals surface area contributed by atoms with Gasteiger partial charge in [0.25, 0.3) is 5.91 Å². The summed E-state index contributed by atoms with van der Waals surface area (Å²) < 4.78 is 25.2. The minimum atomic E-state index is -3.69. The number of nitrogens with one attached hydrogen (secondary N) is 1. The second-order valence-electron chi connectivity index (χ2n) is 5.91. The minimum Gasteiger partial charge on any atom is -0.478 e. The van der Waals surface area contributed by atoms with E-state index in [2.05, 4.69) is 5.32 Å². The lowest BCUT2D eigenvalue weighted by atomic mass is 10.1. The molecule has 0 spiro atoms. The van der Waals surface area contributed by atoms with Crippen molar-refractivity contribution >= 4 is 50.6 Å². The van der Waals surface area contributed by atoms with Crippen LogP contribution in [0.2, 0.25) is 10.0 Å². The van der Waals surface area contributed by atoms with Gasteiger partial charge in [0.1, 0.15) is 0 Å². The summed E-state index contributed by atoms with van der Waals surface area (Å²) in [7, 11) is -3.69. The van der Waals surface area contributed by atoms with Gasteiger partial charge in [-0.25, -0.2) is 13.2 Å². The lowest BCUT2D eigenvalue weighted by Gasteiger charge is -2.10. The number of halogens is 2. The van der Waals surface area contributed by atoms with Gasteiger partial charge in [-0.15, -0.1) is 0 Å². The number of aromatic carboxylic acids is 1. The van der Waals surface area contributed by atoms with E-state index in [1.807, 2.05) is 0 Å². The van der Waals surface area contributed by atoms with Gasteiger partial charge >= 0.3 is 5.97 Å². The summed E-state index contributed by atoms with van der Waals surface area (Å²) in [6.45, 7) is 0. The molecule has 0 radical (unpaired) electrons. The van der Waals surface area contributed by atoms with Crippen molar-refractivity contribution in [2.24, 2.45) is 0 Å². The largest absolute Gasteiger partial charge is 0.478 e. The SMILES string of the molecule is O=C(O)c1cc(Cl)c(Cl)cc1C(=O)Nc1ccc(S(=O)(=O)c2ccccc2)cc1. The van der Waals surface area contributed by atoms with E-state index in [-0.39, 0.29) is 36.7 Å². The fraction of sp³-hybridized carbons (Fsp3) is 0. The van der Waals surface area contributed by atoms with Crippen LogP contribution < -0.4 is 5.32 Å². The molecule has 3 aromatic rings. The highest BCUT2D eigenvalue weighted by atomic mass is 35.5. The van der Waals surface area contributed by atoms with Crippen LogP contribution in [0.15, 0.2) is 76.5 Å². The second-order valence-corrected chi connectivity index (χ2v) is 8.68. The molecule has 9 heteroatoms. The number of benzene rings is 3. The van der Waals surface area contributed by atoms with Gasteiger partial charge in [0, 0.05) is 5.69 Å². The van der Waals surface area contributed by atoms with E-state index in [1.165, 1.54) is 36.4 Å². The first-order valence-corrected chi connectivity index (χ1v) is 10.4. The van der Waals surface area contributed by atoms with Crippen molar-refractivity contribution in [2.45, 2.75) is 9.79 Å². The summed E-state index contributed by atoms with van der Waals surface area (Å²) in [5, 5.41) is 11.8. The van der Waals surface area contributed by atoms with Crippen LogP contribution in [0.4, 0.5) is 5.69 Å². The van der Waals surface area contributed by atoms with Crippen LogP contribution >= 0.6 is 23.2 Å².